The predicted octanol–water partition coefficient (Wildman–Crippen LogP) is 2.90. The molecule has 0 aliphatic rings. The fourth-order valence-corrected chi connectivity index (χ4v) is 2.29. The van der Waals surface area contributed by atoms with E-state index in [0.29, 0.717) is 6.54 Å². The van der Waals surface area contributed by atoms with E-state index in [1.54, 1.807) is 0 Å². The van der Waals surface area contributed by atoms with Gasteiger partial charge in [-0.15, -0.1) is 5.10 Å². The molecule has 1 aromatic carbocycles. The lowest BCUT2D eigenvalue weighted by molar-refractivity contribution is 0.541. The first-order chi connectivity index (χ1) is 9.27. The fraction of sp³-hybridized carbons (Fsp3) is 0.467. The molecule has 0 saturated heterocycles. The molecule has 4 heteroatoms. The molecule has 4 nitrogen and oxygen atoms in total. The Balaban J connectivity index is 2.36. The van der Waals surface area contributed by atoms with E-state index < -0.39 is 0 Å². The first kappa shape index (κ1) is 13.7. The highest BCUT2D eigenvalue weighted by atomic mass is 15.4. The van der Waals surface area contributed by atoms with Gasteiger partial charge in [-0.1, -0.05) is 49.2 Å². The second-order valence-corrected chi connectivity index (χ2v) is 4.83. The molecule has 0 spiro atoms. The third-order valence-corrected chi connectivity index (χ3v) is 3.37. The van der Waals surface area contributed by atoms with Gasteiger partial charge >= 0.3 is 0 Å². The minimum Gasteiger partial charge on any atom is -0.325 e. The van der Waals surface area contributed by atoms with Crippen molar-refractivity contribution < 1.29 is 0 Å². The summed E-state index contributed by atoms with van der Waals surface area (Å²) in [7, 11) is 0. The Morgan fingerprint density at radius 2 is 2.00 bits per heavy atom. The van der Waals surface area contributed by atoms with Gasteiger partial charge in [0.1, 0.15) is 5.69 Å². The molecule has 2 aromatic rings. The van der Waals surface area contributed by atoms with Gasteiger partial charge < -0.3 is 5.73 Å². The summed E-state index contributed by atoms with van der Waals surface area (Å²) < 4.78 is 2.00. The molecule has 2 rings (SSSR count). The highest BCUT2D eigenvalue weighted by Crippen LogP contribution is 2.25. The van der Waals surface area contributed by atoms with Crippen molar-refractivity contribution in [1.82, 2.24) is 15.0 Å². The maximum atomic E-state index is 5.79. The Bertz CT molecular complexity index is 531. The molecule has 1 aromatic heterocycles. The molecule has 0 aliphatic carbocycles. The average molecular weight is 258 g/mol. The molecule has 0 bridgehead atoms. The van der Waals surface area contributed by atoms with Crippen LogP contribution in [0.1, 0.15) is 37.4 Å². The van der Waals surface area contributed by atoms with Crippen molar-refractivity contribution in [2.75, 3.05) is 0 Å². The third kappa shape index (κ3) is 3.01. The molecule has 0 unspecified atom stereocenters. The Kier molecular flexibility index (Phi) is 4.68. The Labute approximate surface area is 114 Å². The van der Waals surface area contributed by atoms with Crippen molar-refractivity contribution in [3.05, 3.63) is 35.5 Å². The first-order valence-electron chi connectivity index (χ1n) is 6.96. The molecule has 0 fully saturated rings. The molecular weight excluding hydrogens is 236 g/mol. The number of nitrogens with two attached hydrogens (primary N) is 1. The van der Waals surface area contributed by atoms with Gasteiger partial charge in [0.15, 0.2) is 0 Å². The van der Waals surface area contributed by atoms with E-state index in [1.165, 1.54) is 24.0 Å². The summed E-state index contributed by atoms with van der Waals surface area (Å²) in [6, 6.07) is 8.32. The van der Waals surface area contributed by atoms with Crippen LogP contribution < -0.4 is 5.73 Å². The number of rotatable bonds is 6. The quantitative estimate of drug-likeness (QED) is 0.810. The normalized spacial score (nSPS) is 10.9. The van der Waals surface area contributed by atoms with Crippen molar-refractivity contribution >= 4 is 0 Å². The van der Waals surface area contributed by atoms with Gasteiger partial charge in [-0.3, -0.25) is 0 Å². The first-order valence-corrected chi connectivity index (χ1v) is 6.96. The van der Waals surface area contributed by atoms with E-state index in [1.807, 2.05) is 16.8 Å². The minimum absolute atomic E-state index is 0.428. The van der Waals surface area contributed by atoms with Crippen molar-refractivity contribution in [1.29, 1.82) is 0 Å². The van der Waals surface area contributed by atoms with E-state index in [-0.39, 0.29) is 0 Å². The number of hydrogen-bond acceptors (Lipinski definition) is 3. The van der Waals surface area contributed by atoms with Crippen LogP contribution >= 0.6 is 0 Å². The summed E-state index contributed by atoms with van der Waals surface area (Å²) in [6.07, 6.45) is 3.55. The molecule has 0 aliphatic heterocycles. The molecule has 102 valence electrons. The monoisotopic (exact) mass is 258 g/mol. The SMILES string of the molecule is CCCCCn1nnc(CN)c1-c1ccccc1C. The number of benzene rings is 1. The van der Waals surface area contributed by atoms with Crippen LogP contribution in [0.15, 0.2) is 24.3 Å². The second-order valence-electron chi connectivity index (χ2n) is 4.83. The van der Waals surface area contributed by atoms with Crippen LogP contribution in [0, 0.1) is 6.92 Å². The van der Waals surface area contributed by atoms with Crippen LogP contribution in [-0.4, -0.2) is 15.0 Å². The number of nitrogens with zero attached hydrogens (tertiary/aromatic N) is 3. The Morgan fingerprint density at radius 3 is 2.68 bits per heavy atom. The number of hydrogen-bond donors (Lipinski definition) is 1. The number of unbranched alkanes of at least 4 members (excludes halogenated alkanes) is 2. The molecule has 0 atom stereocenters. The molecule has 0 saturated carbocycles. The van der Waals surface area contributed by atoms with Gasteiger partial charge in [-0.05, 0) is 18.9 Å². The summed E-state index contributed by atoms with van der Waals surface area (Å²) in [5.74, 6) is 0. The molecule has 2 N–H and O–H groups in total. The maximum absolute atomic E-state index is 5.79. The van der Waals surface area contributed by atoms with Crippen molar-refractivity contribution in [2.24, 2.45) is 5.73 Å². The zero-order valence-electron chi connectivity index (χ0n) is 11.8. The number of aromatic nitrogens is 3. The zero-order chi connectivity index (χ0) is 13.7. The highest BCUT2D eigenvalue weighted by molar-refractivity contribution is 5.65. The fourth-order valence-electron chi connectivity index (χ4n) is 2.29. The van der Waals surface area contributed by atoms with E-state index in [0.717, 1.165) is 24.4 Å². The van der Waals surface area contributed by atoms with Gasteiger partial charge in [0.2, 0.25) is 0 Å². The van der Waals surface area contributed by atoms with Crippen LogP contribution in [0.4, 0.5) is 0 Å². The lowest BCUT2D eigenvalue weighted by atomic mass is 10.0. The van der Waals surface area contributed by atoms with Crippen molar-refractivity contribution in [3.8, 4) is 11.3 Å². The van der Waals surface area contributed by atoms with Crippen LogP contribution in [0.3, 0.4) is 0 Å². The lowest BCUT2D eigenvalue weighted by Crippen LogP contribution is -2.05. The van der Waals surface area contributed by atoms with E-state index >= 15 is 0 Å². The summed E-state index contributed by atoms with van der Waals surface area (Å²) in [6.45, 7) is 5.65. The van der Waals surface area contributed by atoms with Gasteiger partial charge in [0, 0.05) is 18.7 Å². The minimum atomic E-state index is 0.428. The van der Waals surface area contributed by atoms with Gasteiger partial charge in [0.25, 0.3) is 0 Å². The van der Waals surface area contributed by atoms with Crippen LogP contribution in [0.25, 0.3) is 11.3 Å². The van der Waals surface area contributed by atoms with Gasteiger partial charge in [0.05, 0.1) is 5.69 Å². The molecule has 0 radical (unpaired) electrons. The third-order valence-electron chi connectivity index (χ3n) is 3.37. The predicted molar refractivity (Wildman–Crippen MR) is 77.6 cm³/mol. The summed E-state index contributed by atoms with van der Waals surface area (Å²) in [4.78, 5) is 0. The van der Waals surface area contributed by atoms with Crippen LogP contribution in [0.5, 0.6) is 0 Å². The van der Waals surface area contributed by atoms with Gasteiger partial charge in [-0.2, -0.15) is 0 Å². The topological polar surface area (TPSA) is 56.7 Å². The maximum Gasteiger partial charge on any atom is 0.104 e. The average Bonchev–Trinajstić information content (AvgIpc) is 2.82. The zero-order valence-corrected chi connectivity index (χ0v) is 11.8. The molecule has 1 heterocycles. The summed E-state index contributed by atoms with van der Waals surface area (Å²) in [5, 5.41) is 8.48. The smallest absolute Gasteiger partial charge is 0.104 e. The Morgan fingerprint density at radius 1 is 1.21 bits per heavy atom. The van der Waals surface area contributed by atoms with Crippen molar-refractivity contribution in [2.45, 2.75) is 46.2 Å². The van der Waals surface area contributed by atoms with Crippen LogP contribution in [-0.2, 0) is 13.1 Å². The van der Waals surface area contributed by atoms with E-state index in [9.17, 15) is 0 Å². The molecule has 19 heavy (non-hydrogen) atoms. The van der Waals surface area contributed by atoms with E-state index in [2.05, 4.69) is 36.3 Å². The van der Waals surface area contributed by atoms with Crippen LogP contribution in [0.2, 0.25) is 0 Å². The molecular formula is C15H22N4. The lowest BCUT2D eigenvalue weighted by Gasteiger charge is -2.10. The largest absolute Gasteiger partial charge is 0.325 e. The molecule has 0 amide bonds. The Hall–Kier alpha value is -1.68. The summed E-state index contributed by atoms with van der Waals surface area (Å²) in [5.41, 5.74) is 10.2. The second kappa shape index (κ2) is 6.48. The standard InChI is InChI=1S/C15H22N4/c1-3-4-7-10-19-15(14(11-16)17-18-19)13-9-6-5-8-12(13)2/h5-6,8-9H,3-4,7,10-11,16H2,1-2H3. The van der Waals surface area contributed by atoms with Crippen molar-refractivity contribution in [3.63, 3.8) is 0 Å². The summed E-state index contributed by atoms with van der Waals surface area (Å²) >= 11 is 0. The van der Waals surface area contributed by atoms with E-state index in [4.69, 9.17) is 5.73 Å². The number of aryl methyl sites for hydroxylation is 2. The van der Waals surface area contributed by atoms with Gasteiger partial charge in [-0.25, -0.2) is 4.68 Å². The highest BCUT2D eigenvalue weighted by Gasteiger charge is 2.14.